The van der Waals surface area contributed by atoms with E-state index >= 15 is 0 Å². The van der Waals surface area contributed by atoms with Gasteiger partial charge in [-0.1, -0.05) is 26.0 Å². The third-order valence-electron chi connectivity index (χ3n) is 4.80. The molecule has 0 aliphatic carbocycles. The number of benzene rings is 1. The molecular formula is C20H31NO4. The Hall–Kier alpha value is -1.75. The number of nitrogens with zero attached hydrogens (tertiary/aromatic N) is 1. The Morgan fingerprint density at radius 3 is 2.72 bits per heavy atom. The molecule has 1 saturated heterocycles. The molecule has 5 heteroatoms. The van der Waals surface area contributed by atoms with Crippen LogP contribution in [0.25, 0.3) is 0 Å². The average molecular weight is 349 g/mol. The molecule has 0 radical (unpaired) electrons. The van der Waals surface area contributed by atoms with Gasteiger partial charge in [-0.25, -0.2) is 4.79 Å². The lowest BCUT2D eigenvalue weighted by atomic mass is 9.76. The van der Waals surface area contributed by atoms with Crippen LogP contribution in [-0.4, -0.2) is 43.4 Å². The van der Waals surface area contributed by atoms with Crippen LogP contribution in [0.5, 0.6) is 5.75 Å². The zero-order chi connectivity index (χ0) is 18.4. The second-order valence-corrected chi connectivity index (χ2v) is 6.91. The van der Waals surface area contributed by atoms with E-state index in [0.29, 0.717) is 6.61 Å². The summed E-state index contributed by atoms with van der Waals surface area (Å²) < 4.78 is 16.8. The lowest BCUT2D eigenvalue weighted by Gasteiger charge is -2.45. The summed E-state index contributed by atoms with van der Waals surface area (Å²) in [7, 11) is 0. The summed E-state index contributed by atoms with van der Waals surface area (Å²) in [4.78, 5) is 14.5. The maximum atomic E-state index is 12.2. The molecule has 0 spiro atoms. The second kappa shape index (κ2) is 8.56. The van der Waals surface area contributed by atoms with E-state index in [0.717, 1.165) is 37.4 Å². The Labute approximate surface area is 151 Å². The molecular weight excluding hydrogens is 318 g/mol. The fraction of sp³-hybridized carbons (Fsp3) is 0.650. The van der Waals surface area contributed by atoms with Gasteiger partial charge < -0.3 is 19.1 Å². The van der Waals surface area contributed by atoms with Gasteiger partial charge in [0.2, 0.25) is 0 Å². The molecule has 25 heavy (non-hydrogen) atoms. The predicted molar refractivity (Wildman–Crippen MR) is 97.9 cm³/mol. The summed E-state index contributed by atoms with van der Waals surface area (Å²) in [5, 5.41) is 0. The van der Waals surface area contributed by atoms with Gasteiger partial charge in [-0.05, 0) is 45.0 Å². The van der Waals surface area contributed by atoms with Crippen molar-refractivity contribution in [2.24, 2.45) is 5.92 Å². The average Bonchev–Trinajstić information content (AvgIpc) is 2.56. The summed E-state index contributed by atoms with van der Waals surface area (Å²) >= 11 is 0. The summed E-state index contributed by atoms with van der Waals surface area (Å²) in [6.45, 7) is 13.1. The fourth-order valence-electron chi connectivity index (χ4n) is 3.52. The first-order valence-electron chi connectivity index (χ1n) is 9.26. The first kappa shape index (κ1) is 19.6. The van der Waals surface area contributed by atoms with Gasteiger partial charge in [0, 0.05) is 25.4 Å². The molecule has 1 heterocycles. The molecule has 2 unspecified atom stereocenters. The number of ether oxygens (including phenoxy) is 3. The molecule has 1 fully saturated rings. The number of hydrogen-bond acceptors (Lipinski definition) is 5. The van der Waals surface area contributed by atoms with Crippen molar-refractivity contribution in [2.75, 3.05) is 26.2 Å². The standard InChI is InChI=1S/C20H31NO4/c1-6-21-12-11-20(16(5)14-21,25-19(22)23-7-2)17-9-8-10-18(13-17)24-15(3)4/h8-10,13,15-16H,6-7,11-12,14H2,1-5H3. The van der Waals surface area contributed by atoms with E-state index in [2.05, 4.69) is 18.7 Å². The fourth-order valence-corrected chi connectivity index (χ4v) is 3.52. The van der Waals surface area contributed by atoms with Crippen LogP contribution < -0.4 is 4.74 Å². The number of rotatable bonds is 6. The molecule has 0 saturated carbocycles. The maximum Gasteiger partial charge on any atom is 0.509 e. The maximum absolute atomic E-state index is 12.2. The van der Waals surface area contributed by atoms with E-state index in [1.807, 2.05) is 38.1 Å². The number of carbonyl (C=O) groups excluding carboxylic acids is 1. The normalized spacial score (nSPS) is 24.2. The van der Waals surface area contributed by atoms with Crippen LogP contribution in [0.1, 0.15) is 46.6 Å². The van der Waals surface area contributed by atoms with Crippen LogP contribution in [0, 0.1) is 5.92 Å². The Kier molecular flexibility index (Phi) is 6.71. The lowest BCUT2D eigenvalue weighted by Crippen LogP contribution is -2.51. The minimum atomic E-state index is -0.686. The highest BCUT2D eigenvalue weighted by Crippen LogP contribution is 2.42. The topological polar surface area (TPSA) is 48.0 Å². The summed E-state index contributed by atoms with van der Waals surface area (Å²) in [6.07, 6.45) is 0.234. The second-order valence-electron chi connectivity index (χ2n) is 6.91. The molecule has 5 nitrogen and oxygen atoms in total. The zero-order valence-corrected chi connectivity index (χ0v) is 16.1. The van der Waals surface area contributed by atoms with Crippen molar-refractivity contribution in [2.45, 2.75) is 52.7 Å². The van der Waals surface area contributed by atoms with Crippen molar-refractivity contribution in [1.82, 2.24) is 4.90 Å². The van der Waals surface area contributed by atoms with Crippen LogP contribution >= 0.6 is 0 Å². The zero-order valence-electron chi connectivity index (χ0n) is 16.1. The van der Waals surface area contributed by atoms with Crippen molar-refractivity contribution >= 4 is 6.16 Å². The van der Waals surface area contributed by atoms with Crippen molar-refractivity contribution in [3.8, 4) is 5.75 Å². The van der Waals surface area contributed by atoms with Crippen LogP contribution in [-0.2, 0) is 15.1 Å². The molecule has 2 rings (SSSR count). The summed E-state index contributed by atoms with van der Waals surface area (Å²) in [6, 6.07) is 7.91. The van der Waals surface area contributed by atoms with Gasteiger partial charge in [0.1, 0.15) is 11.4 Å². The van der Waals surface area contributed by atoms with Crippen molar-refractivity contribution < 1.29 is 19.0 Å². The number of piperidine rings is 1. The van der Waals surface area contributed by atoms with Crippen molar-refractivity contribution in [3.63, 3.8) is 0 Å². The third kappa shape index (κ3) is 4.66. The highest BCUT2D eigenvalue weighted by atomic mass is 16.7. The third-order valence-corrected chi connectivity index (χ3v) is 4.80. The van der Waals surface area contributed by atoms with Gasteiger partial charge in [-0.3, -0.25) is 0 Å². The van der Waals surface area contributed by atoms with Gasteiger partial charge >= 0.3 is 6.16 Å². The van der Waals surface area contributed by atoms with Crippen molar-refractivity contribution in [1.29, 1.82) is 0 Å². The SMILES string of the molecule is CCOC(=O)OC1(c2cccc(OC(C)C)c2)CCN(CC)CC1C. The van der Waals surface area contributed by atoms with Crippen LogP contribution in [0.2, 0.25) is 0 Å². The molecule has 0 amide bonds. The number of hydrogen-bond donors (Lipinski definition) is 0. The first-order chi connectivity index (χ1) is 11.9. The first-order valence-corrected chi connectivity index (χ1v) is 9.26. The molecule has 0 bridgehead atoms. The molecule has 1 aromatic carbocycles. The van der Waals surface area contributed by atoms with E-state index in [4.69, 9.17) is 14.2 Å². The van der Waals surface area contributed by atoms with Gasteiger partial charge in [0.25, 0.3) is 0 Å². The molecule has 1 aliphatic heterocycles. The molecule has 2 atom stereocenters. The molecule has 1 aromatic rings. The van der Waals surface area contributed by atoms with Crippen molar-refractivity contribution in [3.05, 3.63) is 29.8 Å². The predicted octanol–water partition coefficient (Wildman–Crippen LogP) is 4.20. The monoisotopic (exact) mass is 349 g/mol. The molecule has 1 aliphatic rings. The van der Waals surface area contributed by atoms with Gasteiger partial charge in [-0.2, -0.15) is 0 Å². The van der Waals surface area contributed by atoms with E-state index < -0.39 is 11.8 Å². The molecule has 0 N–H and O–H groups in total. The molecule has 0 aromatic heterocycles. The van der Waals surface area contributed by atoms with Crippen LogP contribution in [0.3, 0.4) is 0 Å². The van der Waals surface area contributed by atoms with E-state index in [-0.39, 0.29) is 12.0 Å². The Morgan fingerprint density at radius 1 is 1.36 bits per heavy atom. The smallest absolute Gasteiger partial charge is 0.491 e. The Morgan fingerprint density at radius 2 is 2.12 bits per heavy atom. The number of likely N-dealkylation sites (tertiary alicyclic amines) is 1. The van der Waals surface area contributed by atoms with E-state index in [1.54, 1.807) is 6.92 Å². The molecule has 140 valence electrons. The van der Waals surface area contributed by atoms with E-state index in [9.17, 15) is 4.79 Å². The highest BCUT2D eigenvalue weighted by Gasteiger charge is 2.46. The van der Waals surface area contributed by atoms with Gasteiger partial charge in [-0.15, -0.1) is 0 Å². The quantitative estimate of drug-likeness (QED) is 0.720. The Bertz CT molecular complexity index is 575. The summed E-state index contributed by atoms with van der Waals surface area (Å²) in [5.74, 6) is 0.948. The number of carbonyl (C=O) groups is 1. The Balaban J connectivity index is 2.36. The van der Waals surface area contributed by atoms with Gasteiger partial charge in [0.15, 0.2) is 0 Å². The minimum Gasteiger partial charge on any atom is -0.491 e. The lowest BCUT2D eigenvalue weighted by molar-refractivity contribution is -0.102. The van der Waals surface area contributed by atoms with Crippen LogP contribution in [0.4, 0.5) is 4.79 Å². The minimum absolute atomic E-state index is 0.0940. The van der Waals surface area contributed by atoms with Crippen LogP contribution in [0.15, 0.2) is 24.3 Å². The highest BCUT2D eigenvalue weighted by molar-refractivity contribution is 5.61. The van der Waals surface area contributed by atoms with Gasteiger partial charge in [0.05, 0.1) is 12.7 Å². The largest absolute Gasteiger partial charge is 0.509 e. The van der Waals surface area contributed by atoms with E-state index in [1.165, 1.54) is 0 Å². The summed E-state index contributed by atoms with van der Waals surface area (Å²) in [5.41, 5.74) is 0.288.